The van der Waals surface area contributed by atoms with Crippen LogP contribution in [0.25, 0.3) is 0 Å². The zero-order valence-electron chi connectivity index (χ0n) is 9.26. The molecule has 14 heavy (non-hydrogen) atoms. The van der Waals surface area contributed by atoms with Gasteiger partial charge in [-0.1, -0.05) is 20.8 Å². The first-order valence-corrected chi connectivity index (χ1v) is 4.86. The Bertz CT molecular complexity index is 255. The summed E-state index contributed by atoms with van der Waals surface area (Å²) < 4.78 is 0. The molecular weight excluding hydrogens is 180 g/mol. The highest BCUT2D eigenvalue weighted by atomic mass is 16.2. The van der Waals surface area contributed by atoms with E-state index in [1.807, 2.05) is 0 Å². The minimum atomic E-state index is -0.292. The first-order valence-electron chi connectivity index (χ1n) is 4.86. The molecule has 1 fully saturated rings. The number of nitrogens with zero attached hydrogens (tertiary/aromatic N) is 1. The Balaban J connectivity index is 2.65. The second-order valence-electron chi connectivity index (χ2n) is 5.05. The van der Waals surface area contributed by atoms with Gasteiger partial charge in [0.2, 0.25) is 5.91 Å². The molecule has 1 unspecified atom stereocenters. The molecule has 1 N–H and O–H groups in total. The maximum Gasteiger partial charge on any atom is 0.323 e. The van der Waals surface area contributed by atoms with E-state index in [1.165, 1.54) is 11.9 Å². The second kappa shape index (κ2) is 3.59. The van der Waals surface area contributed by atoms with E-state index >= 15 is 0 Å². The van der Waals surface area contributed by atoms with Gasteiger partial charge in [-0.25, -0.2) is 4.79 Å². The third-order valence-electron chi connectivity index (χ3n) is 2.34. The number of hydrogen-bond donors (Lipinski definition) is 1. The van der Waals surface area contributed by atoms with Gasteiger partial charge in [-0.05, 0) is 11.8 Å². The number of nitrogens with one attached hydrogen (secondary N) is 1. The van der Waals surface area contributed by atoms with E-state index in [0.29, 0.717) is 6.54 Å². The van der Waals surface area contributed by atoms with Gasteiger partial charge < -0.3 is 5.32 Å². The van der Waals surface area contributed by atoms with E-state index < -0.39 is 0 Å². The van der Waals surface area contributed by atoms with E-state index in [9.17, 15) is 9.59 Å². The van der Waals surface area contributed by atoms with Crippen LogP contribution in [0, 0.1) is 11.3 Å². The van der Waals surface area contributed by atoms with Crippen LogP contribution < -0.4 is 5.32 Å². The Morgan fingerprint density at radius 3 is 2.50 bits per heavy atom. The third-order valence-corrected chi connectivity index (χ3v) is 2.34. The lowest BCUT2D eigenvalue weighted by atomic mass is 9.83. The van der Waals surface area contributed by atoms with Crippen molar-refractivity contribution in [2.75, 3.05) is 13.6 Å². The van der Waals surface area contributed by atoms with Gasteiger partial charge in [0.25, 0.3) is 0 Å². The molecule has 0 aromatic carbocycles. The Hall–Kier alpha value is -1.06. The lowest BCUT2D eigenvalue weighted by Gasteiger charge is -2.32. The molecule has 1 saturated heterocycles. The maximum absolute atomic E-state index is 11.7. The monoisotopic (exact) mass is 198 g/mol. The highest BCUT2D eigenvalue weighted by Gasteiger charge is 2.33. The number of urea groups is 1. The summed E-state index contributed by atoms with van der Waals surface area (Å²) in [6.45, 7) is 6.75. The zero-order chi connectivity index (χ0) is 10.9. The van der Waals surface area contributed by atoms with Crippen molar-refractivity contribution in [3.05, 3.63) is 0 Å². The van der Waals surface area contributed by atoms with Crippen LogP contribution in [-0.2, 0) is 4.79 Å². The quantitative estimate of drug-likeness (QED) is 0.688. The SMILES string of the molecule is CN1C(=O)NCC(CC(C)(C)C)C1=O. The van der Waals surface area contributed by atoms with Crippen molar-refractivity contribution in [2.24, 2.45) is 11.3 Å². The minimum absolute atomic E-state index is 0.0660. The topological polar surface area (TPSA) is 49.4 Å². The third kappa shape index (κ3) is 2.47. The summed E-state index contributed by atoms with van der Waals surface area (Å²) in [5, 5.41) is 2.70. The number of hydrogen-bond acceptors (Lipinski definition) is 2. The maximum atomic E-state index is 11.7. The van der Waals surface area contributed by atoms with Crippen molar-refractivity contribution in [1.82, 2.24) is 10.2 Å². The molecule has 0 aromatic rings. The molecule has 1 aliphatic rings. The Labute approximate surface area is 84.7 Å². The molecule has 0 bridgehead atoms. The number of carbonyl (C=O) groups excluding carboxylic acids is 2. The van der Waals surface area contributed by atoms with E-state index in [-0.39, 0.29) is 23.3 Å². The van der Waals surface area contributed by atoms with E-state index in [4.69, 9.17) is 0 Å². The van der Waals surface area contributed by atoms with Crippen molar-refractivity contribution in [3.8, 4) is 0 Å². The fraction of sp³-hybridized carbons (Fsp3) is 0.800. The summed E-state index contributed by atoms with van der Waals surface area (Å²) >= 11 is 0. The lowest BCUT2D eigenvalue weighted by molar-refractivity contribution is -0.133. The van der Waals surface area contributed by atoms with E-state index in [2.05, 4.69) is 26.1 Å². The Morgan fingerprint density at radius 2 is 2.00 bits per heavy atom. The Morgan fingerprint density at radius 1 is 1.43 bits per heavy atom. The predicted molar refractivity (Wildman–Crippen MR) is 53.7 cm³/mol. The molecule has 1 aliphatic heterocycles. The highest BCUT2D eigenvalue weighted by Crippen LogP contribution is 2.26. The Kier molecular flexibility index (Phi) is 2.83. The molecule has 1 atom stereocenters. The minimum Gasteiger partial charge on any atom is -0.337 e. The first-order chi connectivity index (χ1) is 6.31. The zero-order valence-corrected chi connectivity index (χ0v) is 9.26. The van der Waals surface area contributed by atoms with Crippen molar-refractivity contribution in [3.63, 3.8) is 0 Å². The highest BCUT2D eigenvalue weighted by molar-refractivity contribution is 5.97. The van der Waals surface area contributed by atoms with Crippen molar-refractivity contribution in [1.29, 1.82) is 0 Å². The van der Waals surface area contributed by atoms with Gasteiger partial charge in [0, 0.05) is 13.6 Å². The molecule has 0 saturated carbocycles. The van der Waals surface area contributed by atoms with Crippen LogP contribution in [0.2, 0.25) is 0 Å². The normalized spacial score (nSPS) is 23.7. The number of rotatable bonds is 1. The molecule has 0 spiro atoms. The molecule has 3 amide bonds. The smallest absolute Gasteiger partial charge is 0.323 e. The van der Waals surface area contributed by atoms with E-state index in [0.717, 1.165) is 6.42 Å². The van der Waals surface area contributed by atoms with Crippen molar-refractivity contribution < 1.29 is 9.59 Å². The van der Waals surface area contributed by atoms with Crippen molar-refractivity contribution >= 4 is 11.9 Å². The molecular formula is C10H18N2O2. The molecule has 0 radical (unpaired) electrons. The number of carbonyl (C=O) groups is 2. The fourth-order valence-corrected chi connectivity index (χ4v) is 1.69. The van der Waals surface area contributed by atoms with Crippen molar-refractivity contribution in [2.45, 2.75) is 27.2 Å². The summed E-state index contributed by atoms with van der Waals surface area (Å²) in [4.78, 5) is 24.0. The average molecular weight is 198 g/mol. The van der Waals surface area contributed by atoms with Crippen LogP contribution in [0.4, 0.5) is 4.79 Å². The molecule has 4 nitrogen and oxygen atoms in total. The molecule has 0 aromatic heterocycles. The summed E-state index contributed by atoms with van der Waals surface area (Å²) in [5.74, 6) is -0.138. The summed E-state index contributed by atoms with van der Waals surface area (Å²) in [7, 11) is 1.52. The van der Waals surface area contributed by atoms with Gasteiger partial charge in [0.05, 0.1) is 5.92 Å². The van der Waals surface area contributed by atoms with Crippen LogP contribution >= 0.6 is 0 Å². The van der Waals surface area contributed by atoms with Gasteiger partial charge in [-0.2, -0.15) is 0 Å². The number of amides is 3. The molecule has 1 rings (SSSR count). The molecule has 1 heterocycles. The summed E-state index contributed by atoms with van der Waals surface area (Å²) in [6, 6.07) is -0.292. The van der Waals surface area contributed by atoms with Gasteiger partial charge in [-0.15, -0.1) is 0 Å². The summed E-state index contributed by atoms with van der Waals surface area (Å²) in [5.41, 5.74) is 0.114. The fourth-order valence-electron chi connectivity index (χ4n) is 1.69. The average Bonchev–Trinajstić information content (AvgIpc) is 2.04. The second-order valence-corrected chi connectivity index (χ2v) is 5.05. The van der Waals surface area contributed by atoms with Gasteiger partial charge in [0.1, 0.15) is 0 Å². The van der Waals surface area contributed by atoms with Crippen LogP contribution in [0.3, 0.4) is 0 Å². The van der Waals surface area contributed by atoms with Gasteiger partial charge in [-0.3, -0.25) is 9.69 Å². The lowest BCUT2D eigenvalue weighted by Crippen LogP contribution is -2.53. The van der Waals surface area contributed by atoms with E-state index in [1.54, 1.807) is 0 Å². The van der Waals surface area contributed by atoms with Crippen LogP contribution in [0.15, 0.2) is 0 Å². The standard InChI is InChI=1S/C10H18N2O2/c1-10(2,3)5-7-6-11-9(14)12(4)8(7)13/h7H,5-6H2,1-4H3,(H,11,14). The predicted octanol–water partition coefficient (Wildman–Crippen LogP) is 1.22. The van der Waals surface area contributed by atoms with Crippen LogP contribution in [0.1, 0.15) is 27.2 Å². The number of imide groups is 1. The molecule has 0 aliphatic carbocycles. The van der Waals surface area contributed by atoms with Gasteiger partial charge >= 0.3 is 6.03 Å². The summed E-state index contributed by atoms with van der Waals surface area (Å²) in [6.07, 6.45) is 0.802. The van der Waals surface area contributed by atoms with Crippen LogP contribution in [0.5, 0.6) is 0 Å². The largest absolute Gasteiger partial charge is 0.337 e. The molecule has 80 valence electrons. The molecule has 4 heteroatoms. The van der Waals surface area contributed by atoms with Gasteiger partial charge in [0.15, 0.2) is 0 Å². The first kappa shape index (κ1) is 11.0. The van der Waals surface area contributed by atoms with Crippen LogP contribution in [-0.4, -0.2) is 30.4 Å².